The molecule has 0 amide bonds. The van der Waals surface area contributed by atoms with Crippen molar-refractivity contribution >= 4 is 31.2 Å². The summed E-state index contributed by atoms with van der Waals surface area (Å²) in [5.74, 6) is 3.97. The van der Waals surface area contributed by atoms with Gasteiger partial charge in [0.25, 0.3) is 14.7 Å². The molecule has 1 aromatic carbocycles. The molecule has 0 aliphatic heterocycles. The monoisotopic (exact) mass is 287 g/mol. The van der Waals surface area contributed by atoms with Gasteiger partial charge in [0.2, 0.25) is 5.78 Å². The highest BCUT2D eigenvalue weighted by molar-refractivity contribution is 8.13. The summed E-state index contributed by atoms with van der Waals surface area (Å²) in [4.78, 5) is 20.0. The van der Waals surface area contributed by atoms with E-state index in [9.17, 15) is 23.3 Å². The molecule has 0 saturated carbocycles. The smallest absolute Gasteiger partial charge is 0.270 e. The van der Waals surface area contributed by atoms with Crippen molar-refractivity contribution in [2.75, 3.05) is 0 Å². The summed E-state index contributed by atoms with van der Waals surface area (Å²) in [6.45, 7) is 1.20. The predicted octanol–water partition coefficient (Wildman–Crippen LogP) is 1.46. The van der Waals surface area contributed by atoms with E-state index >= 15 is 0 Å². The number of benzene rings is 1. The van der Waals surface area contributed by atoms with Gasteiger partial charge in [0.15, 0.2) is 0 Å². The molecular formula is C10H6ClNO5S. The Hall–Kier alpha value is -1.91. The number of carbonyl (C=O) groups excluding carboxylic acids is 1. The molecule has 1 rings (SSSR count). The van der Waals surface area contributed by atoms with E-state index in [2.05, 4.69) is 11.8 Å². The molecule has 0 saturated heterocycles. The Morgan fingerprint density at radius 3 is 2.50 bits per heavy atom. The van der Waals surface area contributed by atoms with E-state index in [4.69, 9.17) is 10.7 Å². The number of hydrogen-bond donors (Lipinski definition) is 0. The first-order chi connectivity index (χ1) is 8.21. The minimum Gasteiger partial charge on any atom is -0.285 e. The van der Waals surface area contributed by atoms with Crippen LogP contribution in [0.1, 0.15) is 12.5 Å². The van der Waals surface area contributed by atoms with E-state index in [-0.39, 0.29) is 5.56 Å². The number of ketones is 1. The van der Waals surface area contributed by atoms with Crippen LogP contribution in [0.25, 0.3) is 0 Å². The maximum absolute atomic E-state index is 11.3. The number of nitro groups is 1. The fraction of sp³-hybridized carbons (Fsp3) is 0.100. The van der Waals surface area contributed by atoms with Gasteiger partial charge in [-0.3, -0.25) is 14.9 Å². The number of hydrogen-bond acceptors (Lipinski definition) is 5. The summed E-state index contributed by atoms with van der Waals surface area (Å²) in [6, 6.07) is 3.01. The van der Waals surface area contributed by atoms with Crippen LogP contribution in [0.15, 0.2) is 23.1 Å². The van der Waals surface area contributed by atoms with Gasteiger partial charge in [0, 0.05) is 35.3 Å². The van der Waals surface area contributed by atoms with Crippen LogP contribution in [0.2, 0.25) is 0 Å². The molecule has 18 heavy (non-hydrogen) atoms. The number of non-ortho nitro benzene ring substituents is 1. The molecule has 8 heteroatoms. The molecule has 0 aliphatic carbocycles. The van der Waals surface area contributed by atoms with E-state index in [1.807, 2.05) is 0 Å². The van der Waals surface area contributed by atoms with Gasteiger partial charge < -0.3 is 0 Å². The quantitative estimate of drug-likeness (QED) is 0.355. The Kier molecular flexibility index (Phi) is 4.06. The van der Waals surface area contributed by atoms with Crippen molar-refractivity contribution in [2.24, 2.45) is 0 Å². The third-order valence-corrected chi connectivity index (χ3v) is 3.17. The second-order valence-corrected chi connectivity index (χ2v) is 5.72. The van der Waals surface area contributed by atoms with Crippen molar-refractivity contribution in [3.63, 3.8) is 0 Å². The third-order valence-electron chi connectivity index (χ3n) is 1.81. The lowest BCUT2D eigenvalue weighted by atomic mass is 10.2. The predicted molar refractivity (Wildman–Crippen MR) is 63.7 cm³/mol. The minimum atomic E-state index is -4.18. The van der Waals surface area contributed by atoms with Gasteiger partial charge in [-0.2, -0.15) is 0 Å². The van der Waals surface area contributed by atoms with Gasteiger partial charge in [0.05, 0.1) is 4.92 Å². The first-order valence-corrected chi connectivity index (χ1v) is 6.78. The molecule has 0 bridgehead atoms. The highest BCUT2D eigenvalue weighted by Gasteiger charge is 2.19. The first-order valence-electron chi connectivity index (χ1n) is 4.47. The molecule has 0 N–H and O–H groups in total. The maximum Gasteiger partial charge on any atom is 0.270 e. The molecule has 94 valence electrons. The Bertz CT molecular complexity index is 684. The first kappa shape index (κ1) is 14.2. The number of nitro benzene ring substituents is 1. The topological polar surface area (TPSA) is 94.3 Å². The van der Waals surface area contributed by atoms with Gasteiger partial charge in [-0.15, -0.1) is 0 Å². The molecular weight excluding hydrogens is 282 g/mol. The van der Waals surface area contributed by atoms with Crippen LogP contribution < -0.4 is 0 Å². The standard InChI is InChI=1S/C10H6ClNO5S/c1-7(13)2-3-8-4-5-9(12(14)15)6-10(8)18(11,16)17/h4-6H,1H3. The molecule has 0 radical (unpaired) electrons. The number of carbonyl (C=O) groups is 1. The van der Waals surface area contributed by atoms with Crippen molar-refractivity contribution in [3.8, 4) is 11.8 Å². The molecule has 0 spiro atoms. The lowest BCUT2D eigenvalue weighted by Gasteiger charge is -2.00. The lowest BCUT2D eigenvalue weighted by Crippen LogP contribution is -1.98. The van der Waals surface area contributed by atoms with Crippen molar-refractivity contribution in [1.29, 1.82) is 0 Å². The van der Waals surface area contributed by atoms with E-state index in [0.717, 1.165) is 18.2 Å². The van der Waals surface area contributed by atoms with Gasteiger partial charge in [-0.25, -0.2) is 8.42 Å². The van der Waals surface area contributed by atoms with Gasteiger partial charge >= 0.3 is 0 Å². The number of rotatable bonds is 2. The fourth-order valence-corrected chi connectivity index (χ4v) is 2.11. The molecule has 6 nitrogen and oxygen atoms in total. The Morgan fingerprint density at radius 2 is 2.06 bits per heavy atom. The summed E-state index contributed by atoms with van der Waals surface area (Å²) in [5.41, 5.74) is -0.492. The van der Waals surface area contributed by atoms with Crippen molar-refractivity contribution in [2.45, 2.75) is 11.8 Å². The zero-order valence-electron chi connectivity index (χ0n) is 9.01. The van der Waals surface area contributed by atoms with Gasteiger partial charge in [0.1, 0.15) is 4.90 Å². The third kappa shape index (κ3) is 3.55. The van der Waals surface area contributed by atoms with Crippen LogP contribution in [-0.4, -0.2) is 19.1 Å². The highest BCUT2D eigenvalue weighted by Crippen LogP contribution is 2.24. The summed E-state index contributed by atoms with van der Waals surface area (Å²) >= 11 is 0. The Balaban J connectivity index is 3.51. The number of Topliss-reactive ketones (excluding diaryl/α,β-unsaturated/α-hetero) is 1. The summed E-state index contributed by atoms with van der Waals surface area (Å²) < 4.78 is 22.5. The van der Waals surface area contributed by atoms with Crippen LogP contribution in [0.5, 0.6) is 0 Å². The number of halogens is 1. The molecule has 0 aromatic heterocycles. The average Bonchev–Trinajstić information content (AvgIpc) is 2.24. The van der Waals surface area contributed by atoms with Crippen LogP contribution in [0.3, 0.4) is 0 Å². The van der Waals surface area contributed by atoms with Crippen molar-refractivity contribution in [1.82, 2.24) is 0 Å². The van der Waals surface area contributed by atoms with Crippen LogP contribution in [-0.2, 0) is 13.8 Å². The van der Waals surface area contributed by atoms with Gasteiger partial charge in [-0.1, -0.05) is 5.92 Å². The SMILES string of the molecule is CC(=O)C#Cc1ccc([N+](=O)[O-])cc1S(=O)(=O)Cl. The summed E-state index contributed by atoms with van der Waals surface area (Å²) in [7, 11) is 0.969. The van der Waals surface area contributed by atoms with Crippen LogP contribution in [0.4, 0.5) is 5.69 Å². The van der Waals surface area contributed by atoms with E-state index < -0.39 is 30.3 Å². The highest BCUT2D eigenvalue weighted by atomic mass is 35.7. The Morgan fingerprint density at radius 1 is 1.44 bits per heavy atom. The van der Waals surface area contributed by atoms with Crippen molar-refractivity contribution < 1.29 is 18.1 Å². The molecule has 0 unspecified atom stereocenters. The minimum absolute atomic E-state index is 0.0641. The number of nitrogens with zero attached hydrogens (tertiary/aromatic N) is 1. The molecule has 0 fully saturated rings. The molecule has 0 aliphatic rings. The zero-order valence-corrected chi connectivity index (χ0v) is 10.6. The largest absolute Gasteiger partial charge is 0.285 e. The van der Waals surface area contributed by atoms with E-state index in [1.54, 1.807) is 0 Å². The summed E-state index contributed by atoms with van der Waals surface area (Å²) in [6.07, 6.45) is 0. The van der Waals surface area contributed by atoms with Crippen LogP contribution in [0, 0.1) is 22.0 Å². The maximum atomic E-state index is 11.3. The molecule has 0 heterocycles. The second kappa shape index (κ2) is 5.16. The second-order valence-electron chi connectivity index (χ2n) is 3.18. The zero-order chi connectivity index (χ0) is 13.9. The van der Waals surface area contributed by atoms with Crippen molar-refractivity contribution in [3.05, 3.63) is 33.9 Å². The molecule has 1 aromatic rings. The molecule has 0 atom stereocenters. The summed E-state index contributed by atoms with van der Waals surface area (Å²) in [5, 5.41) is 10.5. The Labute approximate surface area is 107 Å². The van der Waals surface area contributed by atoms with E-state index in [1.165, 1.54) is 6.92 Å². The van der Waals surface area contributed by atoms with Gasteiger partial charge in [-0.05, 0) is 12.0 Å². The fourth-order valence-electron chi connectivity index (χ4n) is 1.08. The average molecular weight is 288 g/mol. The lowest BCUT2D eigenvalue weighted by molar-refractivity contribution is -0.385. The normalized spacial score (nSPS) is 10.3. The van der Waals surface area contributed by atoms with E-state index in [0.29, 0.717) is 0 Å². The van der Waals surface area contributed by atoms with Crippen LogP contribution >= 0.6 is 10.7 Å².